The smallest absolute Gasteiger partial charge is 0.164 e. The number of hydrogen-bond acceptors (Lipinski definition) is 4. The molecule has 1 unspecified atom stereocenters. The molecule has 1 N–H and O–H groups in total. The Morgan fingerprint density at radius 1 is 1.53 bits per heavy atom. The van der Waals surface area contributed by atoms with Crippen molar-refractivity contribution in [1.82, 2.24) is 5.32 Å². The van der Waals surface area contributed by atoms with Gasteiger partial charge >= 0.3 is 0 Å². The molecular weight excluding hydrogens is 194 g/mol. The van der Waals surface area contributed by atoms with E-state index in [1.807, 2.05) is 0 Å². The maximum absolute atomic E-state index is 11.8. The number of morpholine rings is 1. The van der Waals surface area contributed by atoms with Crippen LogP contribution in [0.1, 0.15) is 19.3 Å². The van der Waals surface area contributed by atoms with Crippen LogP contribution in [0.5, 0.6) is 0 Å². The highest BCUT2D eigenvalue weighted by molar-refractivity contribution is 5.95. The van der Waals surface area contributed by atoms with Gasteiger partial charge in [-0.3, -0.25) is 4.79 Å². The topological polar surface area (TPSA) is 47.6 Å². The normalized spacial score (nSPS) is 26.7. The number of ether oxygens (including phenoxy) is 2. The molecule has 0 aliphatic carbocycles. The monoisotopic (exact) mass is 211 g/mol. The number of nitrogens with one attached hydrogen (secondary N) is 1. The molecule has 2 rings (SSSR count). The molecule has 0 aromatic carbocycles. The van der Waals surface area contributed by atoms with Crippen molar-refractivity contribution in [1.29, 1.82) is 0 Å². The molecule has 1 fully saturated rings. The van der Waals surface area contributed by atoms with E-state index in [0.29, 0.717) is 13.0 Å². The van der Waals surface area contributed by atoms with E-state index in [-0.39, 0.29) is 11.9 Å². The Bertz CT molecular complexity index is 257. The minimum Gasteiger partial charge on any atom is -0.501 e. The van der Waals surface area contributed by atoms with Crippen molar-refractivity contribution in [3.05, 3.63) is 11.8 Å². The van der Waals surface area contributed by atoms with Gasteiger partial charge in [-0.25, -0.2) is 0 Å². The lowest BCUT2D eigenvalue weighted by atomic mass is 10.0. The van der Waals surface area contributed by atoms with E-state index in [0.717, 1.165) is 38.1 Å². The molecule has 1 atom stereocenters. The minimum absolute atomic E-state index is 0.0362. The second-order valence-electron chi connectivity index (χ2n) is 3.94. The molecule has 2 aliphatic heterocycles. The summed E-state index contributed by atoms with van der Waals surface area (Å²) in [5.74, 6) is 0.170. The number of rotatable bonds is 3. The molecular formula is C11H17NO3. The first-order chi connectivity index (χ1) is 7.36. The molecule has 84 valence electrons. The maximum Gasteiger partial charge on any atom is 0.164 e. The van der Waals surface area contributed by atoms with E-state index in [4.69, 9.17) is 9.47 Å². The van der Waals surface area contributed by atoms with Gasteiger partial charge in [-0.15, -0.1) is 0 Å². The lowest BCUT2D eigenvalue weighted by Crippen LogP contribution is -2.39. The van der Waals surface area contributed by atoms with Gasteiger partial charge in [0.1, 0.15) is 0 Å². The zero-order valence-electron chi connectivity index (χ0n) is 8.83. The van der Waals surface area contributed by atoms with E-state index in [9.17, 15) is 4.79 Å². The molecule has 15 heavy (non-hydrogen) atoms. The van der Waals surface area contributed by atoms with Gasteiger partial charge in [-0.1, -0.05) is 0 Å². The van der Waals surface area contributed by atoms with Crippen LogP contribution < -0.4 is 5.32 Å². The Hall–Kier alpha value is -0.870. The standard InChI is InChI=1S/C11H17NO3/c13-11(9-2-1-4-14-8-9)6-10-7-12-3-5-15-10/h8,10,12H,1-7H2. The van der Waals surface area contributed by atoms with Crippen LogP contribution in [0.2, 0.25) is 0 Å². The third-order valence-corrected chi connectivity index (χ3v) is 2.71. The molecule has 0 bridgehead atoms. The van der Waals surface area contributed by atoms with Crippen molar-refractivity contribution in [3.63, 3.8) is 0 Å². The number of carbonyl (C=O) groups excluding carboxylic acids is 1. The third-order valence-electron chi connectivity index (χ3n) is 2.71. The molecule has 0 spiro atoms. The van der Waals surface area contributed by atoms with Crippen LogP contribution in [0.15, 0.2) is 11.8 Å². The van der Waals surface area contributed by atoms with Crippen molar-refractivity contribution in [3.8, 4) is 0 Å². The number of ketones is 1. The Labute approximate surface area is 89.6 Å². The zero-order valence-corrected chi connectivity index (χ0v) is 8.83. The SMILES string of the molecule is O=C(CC1CNCCO1)C1=COCCC1. The number of hydrogen-bond donors (Lipinski definition) is 1. The van der Waals surface area contributed by atoms with Crippen molar-refractivity contribution in [2.24, 2.45) is 0 Å². The van der Waals surface area contributed by atoms with Crippen LogP contribution in [0.4, 0.5) is 0 Å². The molecule has 4 heteroatoms. The van der Waals surface area contributed by atoms with Crippen LogP contribution in [0.25, 0.3) is 0 Å². The Morgan fingerprint density at radius 2 is 2.47 bits per heavy atom. The van der Waals surface area contributed by atoms with Crippen LogP contribution in [-0.2, 0) is 14.3 Å². The summed E-state index contributed by atoms with van der Waals surface area (Å²) in [5.41, 5.74) is 0.815. The van der Waals surface area contributed by atoms with E-state index >= 15 is 0 Å². The van der Waals surface area contributed by atoms with Gasteiger partial charge in [-0.2, -0.15) is 0 Å². The summed E-state index contributed by atoms with van der Waals surface area (Å²) in [5, 5.41) is 3.22. The lowest BCUT2D eigenvalue weighted by molar-refractivity contribution is -0.119. The maximum atomic E-state index is 11.8. The summed E-state index contributed by atoms with van der Waals surface area (Å²) in [6.07, 6.45) is 3.92. The van der Waals surface area contributed by atoms with Gasteiger partial charge in [0.05, 0.1) is 25.6 Å². The van der Waals surface area contributed by atoms with E-state index in [1.165, 1.54) is 0 Å². The molecule has 2 aliphatic rings. The Morgan fingerprint density at radius 3 is 3.13 bits per heavy atom. The predicted molar refractivity (Wildman–Crippen MR) is 55.5 cm³/mol. The molecule has 0 radical (unpaired) electrons. The number of allylic oxidation sites excluding steroid dienone is 1. The van der Waals surface area contributed by atoms with Gasteiger partial charge in [0.25, 0.3) is 0 Å². The Balaban J connectivity index is 1.82. The second-order valence-corrected chi connectivity index (χ2v) is 3.94. The predicted octanol–water partition coefficient (Wildman–Crippen LogP) is 0.628. The third kappa shape index (κ3) is 3.04. The molecule has 0 saturated carbocycles. The van der Waals surface area contributed by atoms with E-state index in [2.05, 4.69) is 5.32 Å². The average molecular weight is 211 g/mol. The summed E-state index contributed by atoms with van der Waals surface area (Å²) >= 11 is 0. The fraction of sp³-hybridized carbons (Fsp3) is 0.727. The summed E-state index contributed by atoms with van der Waals surface area (Å²) in [6.45, 7) is 3.10. The highest BCUT2D eigenvalue weighted by atomic mass is 16.5. The van der Waals surface area contributed by atoms with E-state index in [1.54, 1.807) is 6.26 Å². The molecule has 2 heterocycles. The first kappa shape index (κ1) is 10.6. The van der Waals surface area contributed by atoms with Gasteiger partial charge in [0.15, 0.2) is 5.78 Å². The summed E-state index contributed by atoms with van der Waals surface area (Å²) in [7, 11) is 0. The zero-order chi connectivity index (χ0) is 10.5. The fourth-order valence-corrected chi connectivity index (χ4v) is 1.86. The van der Waals surface area contributed by atoms with E-state index < -0.39 is 0 Å². The molecule has 1 saturated heterocycles. The lowest BCUT2D eigenvalue weighted by Gasteiger charge is -2.23. The summed E-state index contributed by atoms with van der Waals surface area (Å²) in [6, 6.07) is 0. The molecule has 0 aromatic rings. The quantitative estimate of drug-likeness (QED) is 0.743. The van der Waals surface area contributed by atoms with Crippen molar-refractivity contribution < 1.29 is 14.3 Å². The van der Waals surface area contributed by atoms with Crippen LogP contribution in [0.3, 0.4) is 0 Å². The van der Waals surface area contributed by atoms with Crippen LogP contribution in [-0.4, -0.2) is 38.2 Å². The molecule has 0 amide bonds. The van der Waals surface area contributed by atoms with Gasteiger partial charge in [0.2, 0.25) is 0 Å². The largest absolute Gasteiger partial charge is 0.501 e. The fourth-order valence-electron chi connectivity index (χ4n) is 1.86. The van der Waals surface area contributed by atoms with Crippen molar-refractivity contribution >= 4 is 5.78 Å². The first-order valence-electron chi connectivity index (χ1n) is 5.52. The Kier molecular flexibility index (Phi) is 3.75. The van der Waals surface area contributed by atoms with Gasteiger partial charge < -0.3 is 14.8 Å². The molecule has 4 nitrogen and oxygen atoms in total. The average Bonchev–Trinajstić information content (AvgIpc) is 2.31. The van der Waals surface area contributed by atoms with Crippen LogP contribution in [0, 0.1) is 0 Å². The van der Waals surface area contributed by atoms with Gasteiger partial charge in [-0.05, 0) is 12.8 Å². The number of Topliss-reactive ketones (excluding diaryl/α,β-unsaturated/α-hetero) is 1. The second kappa shape index (κ2) is 5.28. The molecule has 0 aromatic heterocycles. The van der Waals surface area contributed by atoms with Gasteiger partial charge in [0, 0.05) is 25.1 Å². The van der Waals surface area contributed by atoms with Crippen molar-refractivity contribution in [2.75, 3.05) is 26.3 Å². The summed E-state index contributed by atoms with van der Waals surface area (Å²) in [4.78, 5) is 11.8. The minimum atomic E-state index is 0.0362. The first-order valence-corrected chi connectivity index (χ1v) is 5.52. The van der Waals surface area contributed by atoms with Crippen molar-refractivity contribution in [2.45, 2.75) is 25.4 Å². The summed E-state index contributed by atoms with van der Waals surface area (Å²) < 4.78 is 10.6. The highest BCUT2D eigenvalue weighted by Gasteiger charge is 2.20. The van der Waals surface area contributed by atoms with Crippen LogP contribution >= 0.6 is 0 Å². The number of carbonyl (C=O) groups is 1. The highest BCUT2D eigenvalue weighted by Crippen LogP contribution is 2.16.